The summed E-state index contributed by atoms with van der Waals surface area (Å²) in [7, 11) is 0. The molecule has 0 aliphatic heterocycles. The summed E-state index contributed by atoms with van der Waals surface area (Å²) in [4.78, 5) is 15.6. The minimum Gasteiger partial charge on any atom is -0.318 e. The zero-order chi connectivity index (χ0) is 11.5. The fourth-order valence-electron chi connectivity index (χ4n) is 1.12. The van der Waals surface area contributed by atoms with E-state index in [4.69, 9.17) is 23.2 Å². The topological polar surface area (TPSA) is 42.0 Å². The van der Waals surface area contributed by atoms with Crippen molar-refractivity contribution in [1.29, 1.82) is 0 Å². The second kappa shape index (κ2) is 4.82. The lowest BCUT2D eigenvalue weighted by molar-refractivity contribution is 0.102. The molecule has 1 aromatic carbocycles. The lowest BCUT2D eigenvalue weighted by Gasteiger charge is -2.07. The van der Waals surface area contributed by atoms with Crippen molar-refractivity contribution in [2.24, 2.45) is 0 Å². The lowest BCUT2D eigenvalue weighted by atomic mass is 10.3. The van der Waals surface area contributed by atoms with Crippen molar-refractivity contribution >= 4 is 46.1 Å². The molecule has 0 radical (unpaired) electrons. The van der Waals surface area contributed by atoms with Gasteiger partial charge in [-0.25, -0.2) is 4.98 Å². The first-order valence-electron chi connectivity index (χ1n) is 4.32. The summed E-state index contributed by atoms with van der Waals surface area (Å²) in [6, 6.07) is 5.03. The highest BCUT2D eigenvalue weighted by Crippen LogP contribution is 2.30. The molecule has 0 saturated carbocycles. The van der Waals surface area contributed by atoms with Crippen LogP contribution in [-0.2, 0) is 0 Å². The Labute approximate surface area is 106 Å². The molecule has 82 valence electrons. The van der Waals surface area contributed by atoms with Gasteiger partial charge < -0.3 is 5.32 Å². The molecule has 6 heteroatoms. The van der Waals surface area contributed by atoms with E-state index in [2.05, 4.69) is 10.3 Å². The van der Waals surface area contributed by atoms with Crippen LogP contribution in [0.2, 0.25) is 10.0 Å². The Hall–Kier alpha value is -1.10. The van der Waals surface area contributed by atoms with Crippen LogP contribution in [0.1, 0.15) is 10.5 Å². The molecule has 1 aromatic heterocycles. The van der Waals surface area contributed by atoms with Gasteiger partial charge in [-0.05, 0) is 12.1 Å². The number of anilines is 1. The molecule has 1 amide bonds. The van der Waals surface area contributed by atoms with Gasteiger partial charge in [0, 0.05) is 5.38 Å². The van der Waals surface area contributed by atoms with Gasteiger partial charge in [0.25, 0.3) is 5.91 Å². The fraction of sp³-hybridized carbons (Fsp3) is 0. The minimum absolute atomic E-state index is 0.323. The molecule has 0 bridgehead atoms. The molecule has 2 aromatic rings. The molecule has 0 saturated heterocycles. The van der Waals surface area contributed by atoms with Crippen LogP contribution in [0.4, 0.5) is 5.69 Å². The van der Waals surface area contributed by atoms with E-state index in [1.54, 1.807) is 29.1 Å². The summed E-state index contributed by atoms with van der Waals surface area (Å²) < 4.78 is 0. The first-order chi connectivity index (χ1) is 7.68. The Balaban J connectivity index is 2.25. The Morgan fingerprint density at radius 2 is 2.00 bits per heavy atom. The molecule has 1 heterocycles. The first kappa shape index (κ1) is 11.4. The Morgan fingerprint density at radius 3 is 2.56 bits per heavy atom. The normalized spacial score (nSPS) is 10.1. The SMILES string of the molecule is O=C(Nc1c(Cl)cccc1Cl)c1cscn1. The van der Waals surface area contributed by atoms with Crippen LogP contribution < -0.4 is 5.32 Å². The quantitative estimate of drug-likeness (QED) is 0.906. The maximum Gasteiger partial charge on any atom is 0.275 e. The van der Waals surface area contributed by atoms with Crippen LogP contribution in [0.25, 0.3) is 0 Å². The van der Waals surface area contributed by atoms with E-state index in [0.29, 0.717) is 21.4 Å². The van der Waals surface area contributed by atoms with Crippen molar-refractivity contribution < 1.29 is 4.79 Å². The van der Waals surface area contributed by atoms with Crippen molar-refractivity contribution in [1.82, 2.24) is 4.98 Å². The number of nitrogens with one attached hydrogen (secondary N) is 1. The smallest absolute Gasteiger partial charge is 0.275 e. The number of nitrogens with zero attached hydrogens (tertiary/aromatic N) is 1. The van der Waals surface area contributed by atoms with Crippen LogP contribution >= 0.6 is 34.5 Å². The Morgan fingerprint density at radius 1 is 1.31 bits per heavy atom. The second-order valence-electron chi connectivity index (χ2n) is 2.92. The van der Waals surface area contributed by atoms with E-state index in [1.165, 1.54) is 11.3 Å². The van der Waals surface area contributed by atoms with Crippen LogP contribution in [0.15, 0.2) is 29.1 Å². The molecule has 0 unspecified atom stereocenters. The Kier molecular flexibility index (Phi) is 3.43. The maximum atomic E-state index is 11.7. The van der Waals surface area contributed by atoms with Crippen LogP contribution in [0, 0.1) is 0 Å². The van der Waals surface area contributed by atoms with Gasteiger partial charge in [0.05, 0.1) is 21.2 Å². The molecule has 0 aliphatic carbocycles. The van der Waals surface area contributed by atoms with Crippen molar-refractivity contribution in [2.75, 3.05) is 5.32 Å². The predicted molar refractivity (Wildman–Crippen MR) is 66.5 cm³/mol. The average molecular weight is 273 g/mol. The predicted octanol–water partition coefficient (Wildman–Crippen LogP) is 3.70. The van der Waals surface area contributed by atoms with E-state index in [0.717, 1.165) is 0 Å². The zero-order valence-corrected chi connectivity index (χ0v) is 10.2. The van der Waals surface area contributed by atoms with Gasteiger partial charge in [-0.3, -0.25) is 4.79 Å². The molecule has 0 aliphatic rings. The highest BCUT2D eigenvalue weighted by molar-refractivity contribution is 7.07. The number of carbonyl (C=O) groups is 1. The highest BCUT2D eigenvalue weighted by Gasteiger charge is 2.12. The fourth-order valence-corrected chi connectivity index (χ4v) is 2.14. The lowest BCUT2D eigenvalue weighted by Crippen LogP contribution is -2.12. The van der Waals surface area contributed by atoms with Gasteiger partial charge in [0.15, 0.2) is 0 Å². The van der Waals surface area contributed by atoms with Crippen LogP contribution in [-0.4, -0.2) is 10.9 Å². The van der Waals surface area contributed by atoms with E-state index >= 15 is 0 Å². The number of thiazole rings is 1. The number of benzene rings is 1. The Bertz CT molecular complexity index is 493. The summed E-state index contributed by atoms with van der Waals surface area (Å²) in [5, 5.41) is 5.07. The van der Waals surface area contributed by atoms with Crippen LogP contribution in [0.3, 0.4) is 0 Å². The minimum atomic E-state index is -0.323. The monoisotopic (exact) mass is 272 g/mol. The number of carbonyl (C=O) groups excluding carboxylic acids is 1. The number of aromatic nitrogens is 1. The van der Waals surface area contributed by atoms with Gasteiger partial charge in [0.1, 0.15) is 5.69 Å². The molecular weight excluding hydrogens is 267 g/mol. The maximum absolute atomic E-state index is 11.7. The average Bonchev–Trinajstić information content (AvgIpc) is 2.76. The van der Waals surface area contributed by atoms with Gasteiger partial charge in [-0.15, -0.1) is 11.3 Å². The first-order valence-corrected chi connectivity index (χ1v) is 6.02. The molecule has 1 N–H and O–H groups in total. The molecular formula is C10H6Cl2N2OS. The second-order valence-corrected chi connectivity index (χ2v) is 4.46. The van der Waals surface area contributed by atoms with Gasteiger partial charge in [0.2, 0.25) is 0 Å². The third-order valence-electron chi connectivity index (χ3n) is 1.87. The van der Waals surface area contributed by atoms with Gasteiger partial charge >= 0.3 is 0 Å². The van der Waals surface area contributed by atoms with E-state index in [-0.39, 0.29) is 5.91 Å². The van der Waals surface area contributed by atoms with Crippen molar-refractivity contribution in [3.05, 3.63) is 44.8 Å². The molecule has 0 fully saturated rings. The summed E-state index contributed by atoms with van der Waals surface area (Å²) in [5.74, 6) is -0.323. The summed E-state index contributed by atoms with van der Waals surface area (Å²) >= 11 is 13.2. The van der Waals surface area contributed by atoms with E-state index < -0.39 is 0 Å². The van der Waals surface area contributed by atoms with Crippen molar-refractivity contribution in [3.8, 4) is 0 Å². The summed E-state index contributed by atoms with van der Waals surface area (Å²) in [5.41, 5.74) is 2.34. The molecule has 3 nitrogen and oxygen atoms in total. The zero-order valence-electron chi connectivity index (χ0n) is 7.91. The summed E-state index contributed by atoms with van der Waals surface area (Å²) in [6.45, 7) is 0. The summed E-state index contributed by atoms with van der Waals surface area (Å²) in [6.07, 6.45) is 0. The number of para-hydroxylation sites is 1. The molecule has 0 atom stereocenters. The number of hydrogen-bond acceptors (Lipinski definition) is 3. The standard InChI is InChI=1S/C10H6Cl2N2OS/c11-6-2-1-3-7(12)9(6)14-10(15)8-4-16-5-13-8/h1-5H,(H,14,15). The van der Waals surface area contributed by atoms with Gasteiger partial charge in [-0.2, -0.15) is 0 Å². The van der Waals surface area contributed by atoms with E-state index in [9.17, 15) is 4.79 Å². The largest absolute Gasteiger partial charge is 0.318 e. The number of rotatable bonds is 2. The van der Waals surface area contributed by atoms with E-state index in [1.807, 2.05) is 0 Å². The molecule has 0 spiro atoms. The molecule has 2 rings (SSSR count). The van der Waals surface area contributed by atoms with Crippen molar-refractivity contribution in [3.63, 3.8) is 0 Å². The third-order valence-corrected chi connectivity index (χ3v) is 3.08. The van der Waals surface area contributed by atoms with Crippen molar-refractivity contribution in [2.45, 2.75) is 0 Å². The number of halogens is 2. The molecule has 16 heavy (non-hydrogen) atoms. The third kappa shape index (κ3) is 2.35. The number of amides is 1. The van der Waals surface area contributed by atoms with Gasteiger partial charge in [-0.1, -0.05) is 29.3 Å². The highest BCUT2D eigenvalue weighted by atomic mass is 35.5. The number of hydrogen-bond donors (Lipinski definition) is 1. The van der Waals surface area contributed by atoms with Crippen LogP contribution in [0.5, 0.6) is 0 Å².